The van der Waals surface area contributed by atoms with E-state index in [0.717, 1.165) is 0 Å². The van der Waals surface area contributed by atoms with Crippen molar-refractivity contribution in [1.29, 1.82) is 0 Å². The summed E-state index contributed by atoms with van der Waals surface area (Å²) in [7, 11) is 0. The van der Waals surface area contributed by atoms with Gasteiger partial charge in [-0.25, -0.2) is 4.39 Å². The lowest BCUT2D eigenvalue weighted by atomic mass is 9.80. The van der Waals surface area contributed by atoms with E-state index in [4.69, 9.17) is 4.74 Å². The van der Waals surface area contributed by atoms with Gasteiger partial charge >= 0.3 is 5.97 Å². The minimum atomic E-state index is -1.02. The average molecular weight is 399 g/mol. The van der Waals surface area contributed by atoms with Gasteiger partial charge in [-0.1, -0.05) is 15.9 Å². The molecular formula is C16H16BrFN2O4. The van der Waals surface area contributed by atoms with Crippen molar-refractivity contribution in [2.45, 2.75) is 12.8 Å². The zero-order valence-corrected chi connectivity index (χ0v) is 14.3. The molecule has 1 aliphatic heterocycles. The second-order valence-electron chi connectivity index (χ2n) is 5.91. The van der Waals surface area contributed by atoms with Crippen LogP contribution in [0.3, 0.4) is 0 Å². The summed E-state index contributed by atoms with van der Waals surface area (Å²) in [5.41, 5.74) is -0.338. The van der Waals surface area contributed by atoms with Crippen molar-refractivity contribution in [2.75, 3.05) is 19.8 Å². The maximum atomic E-state index is 13.9. The maximum absolute atomic E-state index is 13.9. The van der Waals surface area contributed by atoms with Crippen LogP contribution in [0.25, 0.3) is 10.9 Å². The molecule has 1 aromatic heterocycles. The van der Waals surface area contributed by atoms with Crippen LogP contribution < -0.4 is 5.32 Å². The molecular weight excluding hydrogens is 383 g/mol. The Kier molecular flexibility index (Phi) is 4.60. The fourth-order valence-electron chi connectivity index (χ4n) is 2.86. The number of benzene rings is 1. The van der Waals surface area contributed by atoms with E-state index in [0.29, 0.717) is 41.4 Å². The highest BCUT2D eigenvalue weighted by Gasteiger charge is 2.40. The molecule has 8 heteroatoms. The molecule has 0 radical (unpaired) electrons. The molecule has 6 nitrogen and oxygen atoms in total. The number of H-pyrrole nitrogens is 1. The van der Waals surface area contributed by atoms with Crippen LogP contribution in [0.4, 0.5) is 4.39 Å². The van der Waals surface area contributed by atoms with Gasteiger partial charge in [0.2, 0.25) is 0 Å². The molecule has 0 unspecified atom stereocenters. The predicted octanol–water partition coefficient (Wildman–Crippen LogP) is 2.68. The quantitative estimate of drug-likeness (QED) is 0.738. The van der Waals surface area contributed by atoms with Crippen molar-refractivity contribution in [3.05, 3.63) is 34.2 Å². The number of carbonyl (C=O) groups is 2. The Labute approximate surface area is 145 Å². The molecule has 0 saturated carbocycles. The van der Waals surface area contributed by atoms with Gasteiger partial charge in [-0.3, -0.25) is 9.59 Å². The number of aromatic nitrogens is 1. The summed E-state index contributed by atoms with van der Waals surface area (Å²) in [6.07, 6.45) is 0.688. The Bertz CT molecular complexity index is 799. The lowest BCUT2D eigenvalue weighted by Gasteiger charge is -2.33. The summed E-state index contributed by atoms with van der Waals surface area (Å²) in [6, 6.07) is 4.41. The third-order valence-electron chi connectivity index (χ3n) is 4.39. The van der Waals surface area contributed by atoms with Gasteiger partial charge in [0.15, 0.2) is 0 Å². The summed E-state index contributed by atoms with van der Waals surface area (Å²) in [5, 5.41) is 12.4. The molecule has 0 bridgehead atoms. The molecule has 0 atom stereocenters. The molecule has 1 aromatic carbocycles. The molecule has 3 N–H and O–H groups in total. The van der Waals surface area contributed by atoms with E-state index in [2.05, 4.69) is 26.2 Å². The van der Waals surface area contributed by atoms with Gasteiger partial charge < -0.3 is 20.1 Å². The highest BCUT2D eigenvalue weighted by atomic mass is 79.9. The van der Waals surface area contributed by atoms with Crippen LogP contribution in [0.1, 0.15) is 23.3 Å². The van der Waals surface area contributed by atoms with Crippen LogP contribution in [-0.2, 0) is 9.53 Å². The molecule has 128 valence electrons. The number of rotatable bonds is 4. The van der Waals surface area contributed by atoms with Gasteiger partial charge in [-0.05, 0) is 31.0 Å². The summed E-state index contributed by atoms with van der Waals surface area (Å²) < 4.78 is 19.7. The molecule has 0 spiro atoms. The van der Waals surface area contributed by atoms with E-state index < -0.39 is 23.1 Å². The normalized spacial score (nSPS) is 16.9. The second-order valence-corrected chi connectivity index (χ2v) is 6.83. The number of hydrogen-bond donors (Lipinski definition) is 3. The Balaban J connectivity index is 1.77. The van der Waals surface area contributed by atoms with Gasteiger partial charge in [0, 0.05) is 29.6 Å². The number of carboxylic acids is 1. The molecule has 1 amide bonds. The van der Waals surface area contributed by atoms with Crippen LogP contribution >= 0.6 is 15.9 Å². The maximum Gasteiger partial charge on any atom is 0.311 e. The number of amides is 1. The van der Waals surface area contributed by atoms with E-state index in [1.807, 2.05) is 0 Å². The van der Waals surface area contributed by atoms with Gasteiger partial charge in [-0.15, -0.1) is 0 Å². The number of nitrogens with one attached hydrogen (secondary N) is 2. The number of aromatic amines is 1. The number of halogens is 2. The number of carbonyl (C=O) groups excluding carboxylic acids is 1. The van der Waals surface area contributed by atoms with Crippen LogP contribution in [0.5, 0.6) is 0 Å². The van der Waals surface area contributed by atoms with E-state index in [1.165, 1.54) is 12.1 Å². The zero-order chi connectivity index (χ0) is 17.3. The monoisotopic (exact) mass is 398 g/mol. The van der Waals surface area contributed by atoms with Gasteiger partial charge in [-0.2, -0.15) is 0 Å². The molecule has 1 saturated heterocycles. The smallest absolute Gasteiger partial charge is 0.311 e. The Morgan fingerprint density at radius 3 is 2.71 bits per heavy atom. The third-order valence-corrected chi connectivity index (χ3v) is 4.85. The first-order chi connectivity index (χ1) is 11.4. The summed E-state index contributed by atoms with van der Waals surface area (Å²) >= 11 is 3.20. The van der Waals surface area contributed by atoms with Crippen LogP contribution in [0.2, 0.25) is 0 Å². The molecule has 1 fully saturated rings. The number of hydrogen-bond acceptors (Lipinski definition) is 3. The number of carboxylic acid groups (broad SMARTS) is 1. The second kappa shape index (κ2) is 6.52. The van der Waals surface area contributed by atoms with E-state index in [-0.39, 0.29) is 12.2 Å². The van der Waals surface area contributed by atoms with Crippen molar-refractivity contribution in [2.24, 2.45) is 5.41 Å². The summed E-state index contributed by atoms with van der Waals surface area (Å²) in [4.78, 5) is 26.7. The van der Waals surface area contributed by atoms with Crippen LogP contribution in [-0.4, -0.2) is 41.7 Å². The van der Waals surface area contributed by atoms with Crippen molar-refractivity contribution >= 4 is 38.7 Å². The van der Waals surface area contributed by atoms with E-state index in [9.17, 15) is 19.1 Å². The highest BCUT2D eigenvalue weighted by Crippen LogP contribution is 2.30. The van der Waals surface area contributed by atoms with Crippen molar-refractivity contribution in [3.63, 3.8) is 0 Å². The van der Waals surface area contributed by atoms with Gasteiger partial charge in [0.25, 0.3) is 5.91 Å². The van der Waals surface area contributed by atoms with Crippen molar-refractivity contribution in [1.82, 2.24) is 10.3 Å². The first-order valence-corrected chi connectivity index (χ1v) is 8.28. The molecule has 0 aliphatic carbocycles. The minimum Gasteiger partial charge on any atom is -0.481 e. The fraction of sp³-hybridized carbons (Fsp3) is 0.375. The van der Waals surface area contributed by atoms with Crippen molar-refractivity contribution in [3.8, 4) is 0 Å². The van der Waals surface area contributed by atoms with Gasteiger partial charge in [0.1, 0.15) is 11.5 Å². The molecule has 2 heterocycles. The van der Waals surface area contributed by atoms with Crippen LogP contribution in [0.15, 0.2) is 22.7 Å². The topological polar surface area (TPSA) is 91.4 Å². The number of fused-ring (bicyclic) bond motifs is 1. The molecule has 2 aromatic rings. The SMILES string of the molecule is O=C(NCC1(C(=O)O)CCOCC1)c1cc2c(F)cc(Br)cc2[nH]1. The Hall–Kier alpha value is -1.93. The van der Waals surface area contributed by atoms with Crippen LogP contribution in [0, 0.1) is 11.2 Å². The lowest BCUT2D eigenvalue weighted by molar-refractivity contribution is -0.154. The summed E-state index contributed by atoms with van der Waals surface area (Å²) in [6.45, 7) is 0.716. The van der Waals surface area contributed by atoms with E-state index in [1.54, 1.807) is 6.07 Å². The Morgan fingerprint density at radius 2 is 2.04 bits per heavy atom. The lowest BCUT2D eigenvalue weighted by Crippen LogP contribution is -2.46. The van der Waals surface area contributed by atoms with E-state index >= 15 is 0 Å². The largest absolute Gasteiger partial charge is 0.481 e. The number of ether oxygens (including phenoxy) is 1. The summed E-state index contributed by atoms with van der Waals surface area (Å²) in [5.74, 6) is -1.85. The third kappa shape index (κ3) is 3.16. The fourth-order valence-corrected chi connectivity index (χ4v) is 3.29. The molecule has 1 aliphatic rings. The molecule has 24 heavy (non-hydrogen) atoms. The highest BCUT2D eigenvalue weighted by molar-refractivity contribution is 9.10. The standard InChI is InChI=1S/C16H16BrFN2O4/c17-9-5-11(18)10-7-13(20-12(10)6-9)14(21)19-8-16(15(22)23)1-3-24-4-2-16/h5-7,20H,1-4,8H2,(H,19,21)(H,22,23). The Morgan fingerprint density at radius 1 is 1.33 bits per heavy atom. The first kappa shape index (κ1) is 16.9. The first-order valence-electron chi connectivity index (χ1n) is 7.48. The van der Waals surface area contributed by atoms with Crippen molar-refractivity contribution < 1.29 is 23.8 Å². The zero-order valence-electron chi connectivity index (χ0n) is 12.7. The molecule has 3 rings (SSSR count). The van der Waals surface area contributed by atoms with Gasteiger partial charge in [0.05, 0.1) is 10.9 Å². The minimum absolute atomic E-state index is 0.00602. The average Bonchev–Trinajstić information content (AvgIpc) is 2.97. The predicted molar refractivity (Wildman–Crippen MR) is 88.4 cm³/mol. The number of aliphatic carboxylic acids is 1.